The lowest BCUT2D eigenvalue weighted by atomic mass is 10.1. The topological polar surface area (TPSA) is 49.4 Å². The fourth-order valence-corrected chi connectivity index (χ4v) is 3.42. The molecule has 0 aromatic rings. The molecule has 1 rings (SSSR count). The van der Waals surface area contributed by atoms with Crippen LogP contribution >= 0.6 is 0 Å². The van der Waals surface area contributed by atoms with Crippen LogP contribution in [0.5, 0.6) is 0 Å². The second kappa shape index (κ2) is 13.3. The molecule has 1 saturated heterocycles. The average molecular weight is 339 g/mol. The number of unbranched alkanes of at least 4 members (excludes halogenated alkanes) is 8. The minimum absolute atomic E-state index is 0.0558. The van der Waals surface area contributed by atoms with Crippen molar-refractivity contribution in [1.29, 1.82) is 0 Å². The van der Waals surface area contributed by atoms with Crippen LogP contribution in [0.2, 0.25) is 0 Å². The van der Waals surface area contributed by atoms with Crippen molar-refractivity contribution in [3.63, 3.8) is 0 Å². The van der Waals surface area contributed by atoms with Gasteiger partial charge >= 0.3 is 0 Å². The van der Waals surface area contributed by atoms with E-state index in [1.54, 1.807) is 0 Å². The van der Waals surface area contributed by atoms with Gasteiger partial charge in [0.25, 0.3) is 0 Å². The van der Waals surface area contributed by atoms with E-state index in [1.165, 1.54) is 44.9 Å². The Hall–Kier alpha value is -1.06. The van der Waals surface area contributed by atoms with Crippen LogP contribution in [0.4, 0.5) is 0 Å². The predicted molar refractivity (Wildman–Crippen MR) is 99.9 cm³/mol. The van der Waals surface area contributed by atoms with Crippen molar-refractivity contribution in [1.82, 2.24) is 10.2 Å². The Morgan fingerprint density at radius 2 is 1.54 bits per heavy atom. The van der Waals surface area contributed by atoms with Gasteiger partial charge in [-0.1, -0.05) is 65.2 Å². The van der Waals surface area contributed by atoms with Crippen molar-refractivity contribution in [2.75, 3.05) is 13.1 Å². The van der Waals surface area contributed by atoms with Gasteiger partial charge in [0.05, 0.1) is 0 Å². The summed E-state index contributed by atoms with van der Waals surface area (Å²) >= 11 is 0. The van der Waals surface area contributed by atoms with Gasteiger partial charge in [-0.3, -0.25) is 9.59 Å². The van der Waals surface area contributed by atoms with Crippen LogP contribution in [0.25, 0.3) is 0 Å². The fraction of sp³-hybridized carbons (Fsp3) is 0.900. The highest BCUT2D eigenvalue weighted by Gasteiger charge is 2.33. The van der Waals surface area contributed by atoms with Crippen LogP contribution in [0.15, 0.2) is 0 Å². The summed E-state index contributed by atoms with van der Waals surface area (Å²) in [5.74, 6) is 0.231. The molecule has 0 aromatic heterocycles. The third-order valence-electron chi connectivity index (χ3n) is 4.95. The third kappa shape index (κ3) is 8.16. The summed E-state index contributed by atoms with van der Waals surface area (Å²) in [7, 11) is 0. The van der Waals surface area contributed by atoms with Gasteiger partial charge in [-0.05, 0) is 25.7 Å². The van der Waals surface area contributed by atoms with Crippen LogP contribution in [0, 0.1) is 0 Å². The molecule has 0 spiro atoms. The molecule has 1 aliphatic rings. The Morgan fingerprint density at radius 3 is 2.25 bits per heavy atom. The van der Waals surface area contributed by atoms with E-state index in [1.807, 2.05) is 4.90 Å². The second-order valence-electron chi connectivity index (χ2n) is 7.11. The number of rotatable bonds is 13. The average Bonchev–Trinajstić information content (AvgIpc) is 3.07. The summed E-state index contributed by atoms with van der Waals surface area (Å²) < 4.78 is 0. The summed E-state index contributed by atoms with van der Waals surface area (Å²) in [6, 6.07) is -0.219. The van der Waals surface area contributed by atoms with E-state index in [-0.39, 0.29) is 17.9 Å². The number of nitrogens with zero attached hydrogens (tertiary/aromatic N) is 1. The number of likely N-dealkylation sites (tertiary alicyclic amines) is 1. The number of carbonyl (C=O) groups excluding carboxylic acids is 2. The molecule has 0 aliphatic carbocycles. The molecule has 0 aromatic carbocycles. The first-order valence-corrected chi connectivity index (χ1v) is 10.3. The van der Waals surface area contributed by atoms with E-state index >= 15 is 0 Å². The molecular weight excluding hydrogens is 300 g/mol. The SMILES string of the molecule is CCCCCCCCC(=O)N1CCCC1C(=O)NCCCCCC. The smallest absolute Gasteiger partial charge is 0.242 e. The molecule has 0 bridgehead atoms. The summed E-state index contributed by atoms with van der Waals surface area (Å²) in [6.07, 6.45) is 14.2. The summed E-state index contributed by atoms with van der Waals surface area (Å²) in [5, 5.41) is 3.03. The van der Waals surface area contributed by atoms with Crippen LogP contribution in [-0.4, -0.2) is 35.8 Å². The number of amides is 2. The largest absolute Gasteiger partial charge is 0.354 e. The third-order valence-corrected chi connectivity index (χ3v) is 4.95. The minimum atomic E-state index is -0.219. The lowest BCUT2D eigenvalue weighted by molar-refractivity contribution is -0.138. The lowest BCUT2D eigenvalue weighted by Crippen LogP contribution is -2.46. The van der Waals surface area contributed by atoms with E-state index < -0.39 is 0 Å². The zero-order chi connectivity index (χ0) is 17.6. The maximum Gasteiger partial charge on any atom is 0.242 e. The van der Waals surface area contributed by atoms with Crippen LogP contribution in [0.3, 0.4) is 0 Å². The number of hydrogen-bond donors (Lipinski definition) is 1. The van der Waals surface area contributed by atoms with Crippen LogP contribution in [0.1, 0.15) is 97.3 Å². The number of nitrogens with one attached hydrogen (secondary N) is 1. The molecule has 140 valence electrons. The number of carbonyl (C=O) groups is 2. The summed E-state index contributed by atoms with van der Waals surface area (Å²) in [6.45, 7) is 5.90. The standard InChI is InChI=1S/C20H38N2O2/c1-3-5-7-9-10-11-15-19(23)22-17-13-14-18(22)20(24)21-16-12-8-6-4-2/h18H,3-17H2,1-2H3,(H,21,24). The normalized spacial score (nSPS) is 17.2. The fourth-order valence-electron chi connectivity index (χ4n) is 3.42. The van der Waals surface area contributed by atoms with Crippen LogP contribution < -0.4 is 5.32 Å². The maximum absolute atomic E-state index is 12.4. The zero-order valence-electron chi connectivity index (χ0n) is 15.9. The molecule has 1 unspecified atom stereocenters. The molecule has 1 fully saturated rings. The van der Waals surface area contributed by atoms with Crippen molar-refractivity contribution in [3.05, 3.63) is 0 Å². The molecule has 4 heteroatoms. The van der Waals surface area contributed by atoms with Crippen molar-refractivity contribution in [2.24, 2.45) is 0 Å². The van der Waals surface area contributed by atoms with E-state index in [2.05, 4.69) is 19.2 Å². The van der Waals surface area contributed by atoms with Gasteiger partial charge in [-0.2, -0.15) is 0 Å². The van der Waals surface area contributed by atoms with Gasteiger partial charge in [0, 0.05) is 19.5 Å². The zero-order valence-corrected chi connectivity index (χ0v) is 15.9. The van der Waals surface area contributed by atoms with Crippen LogP contribution in [-0.2, 0) is 9.59 Å². The van der Waals surface area contributed by atoms with Crippen molar-refractivity contribution in [2.45, 2.75) is 103 Å². The van der Waals surface area contributed by atoms with Gasteiger partial charge in [0.2, 0.25) is 11.8 Å². The van der Waals surface area contributed by atoms with Gasteiger partial charge in [0.15, 0.2) is 0 Å². The monoisotopic (exact) mass is 338 g/mol. The molecule has 2 amide bonds. The minimum Gasteiger partial charge on any atom is -0.354 e. The van der Waals surface area contributed by atoms with Crippen molar-refractivity contribution < 1.29 is 9.59 Å². The van der Waals surface area contributed by atoms with Gasteiger partial charge in [-0.15, -0.1) is 0 Å². The summed E-state index contributed by atoms with van der Waals surface area (Å²) in [5.41, 5.74) is 0. The highest BCUT2D eigenvalue weighted by Crippen LogP contribution is 2.19. The van der Waals surface area contributed by atoms with E-state index in [9.17, 15) is 9.59 Å². The molecular formula is C20H38N2O2. The molecule has 1 atom stereocenters. The molecule has 1 N–H and O–H groups in total. The Bertz CT molecular complexity index is 358. The first-order chi connectivity index (χ1) is 11.7. The molecule has 24 heavy (non-hydrogen) atoms. The summed E-state index contributed by atoms with van der Waals surface area (Å²) in [4.78, 5) is 26.6. The van der Waals surface area contributed by atoms with Gasteiger partial charge < -0.3 is 10.2 Å². The van der Waals surface area contributed by atoms with Gasteiger partial charge in [-0.25, -0.2) is 0 Å². The van der Waals surface area contributed by atoms with E-state index in [4.69, 9.17) is 0 Å². The molecule has 1 heterocycles. The molecule has 0 radical (unpaired) electrons. The van der Waals surface area contributed by atoms with Crippen molar-refractivity contribution >= 4 is 11.8 Å². The predicted octanol–water partition coefficient (Wildman–Crippen LogP) is 4.42. The molecule has 0 saturated carbocycles. The highest BCUT2D eigenvalue weighted by atomic mass is 16.2. The number of hydrogen-bond acceptors (Lipinski definition) is 2. The Morgan fingerprint density at radius 1 is 0.917 bits per heavy atom. The van der Waals surface area contributed by atoms with E-state index in [0.717, 1.165) is 45.2 Å². The second-order valence-corrected chi connectivity index (χ2v) is 7.11. The Balaban J connectivity index is 2.22. The maximum atomic E-state index is 12.4. The first kappa shape index (κ1) is 21.0. The molecule has 1 aliphatic heterocycles. The Kier molecular flexibility index (Phi) is 11.6. The highest BCUT2D eigenvalue weighted by molar-refractivity contribution is 5.88. The van der Waals surface area contributed by atoms with Gasteiger partial charge in [0.1, 0.15) is 6.04 Å². The van der Waals surface area contributed by atoms with Crippen molar-refractivity contribution in [3.8, 4) is 0 Å². The first-order valence-electron chi connectivity index (χ1n) is 10.3. The Labute approximate surface area is 148 Å². The lowest BCUT2D eigenvalue weighted by Gasteiger charge is -2.24. The quantitative estimate of drug-likeness (QED) is 0.505. The van der Waals surface area contributed by atoms with E-state index in [0.29, 0.717) is 6.42 Å². The molecule has 4 nitrogen and oxygen atoms in total.